The summed E-state index contributed by atoms with van der Waals surface area (Å²) in [5, 5.41) is 10.8. The molecule has 0 saturated heterocycles. The van der Waals surface area contributed by atoms with Gasteiger partial charge >= 0.3 is 0 Å². The van der Waals surface area contributed by atoms with Crippen molar-refractivity contribution in [2.45, 2.75) is 5.16 Å². The van der Waals surface area contributed by atoms with Crippen LogP contribution in [0, 0.1) is 0 Å². The second-order valence-corrected chi connectivity index (χ2v) is 5.94. The van der Waals surface area contributed by atoms with E-state index in [1.807, 2.05) is 0 Å². The molecule has 0 spiro atoms. The van der Waals surface area contributed by atoms with Crippen LogP contribution in [0.25, 0.3) is 0 Å². The summed E-state index contributed by atoms with van der Waals surface area (Å²) in [6.07, 6.45) is 1.04. The van der Waals surface area contributed by atoms with Crippen LogP contribution >= 0.6 is 46.6 Å². The number of anilines is 1. The highest BCUT2D eigenvalue weighted by molar-refractivity contribution is 7.99. The lowest BCUT2D eigenvalue weighted by atomic mass is 10.3. The molecule has 0 saturated carbocycles. The van der Waals surface area contributed by atoms with E-state index in [-0.39, 0.29) is 32.5 Å². The summed E-state index contributed by atoms with van der Waals surface area (Å²) in [5.74, 6) is -0.359. The number of H-pyrrole nitrogens is 1. The maximum Gasteiger partial charge on any atom is 0.270 e. The molecule has 2 N–H and O–H groups in total. The zero-order valence-electron chi connectivity index (χ0n) is 10.2. The number of aromatic nitrogens is 3. The van der Waals surface area contributed by atoms with Gasteiger partial charge in [0.1, 0.15) is 6.20 Å². The topological polar surface area (TPSA) is 87.7 Å². The molecule has 2 rings (SSSR count). The Morgan fingerprint density at radius 1 is 1.29 bits per heavy atom. The Labute approximate surface area is 138 Å². The second-order valence-electron chi connectivity index (χ2n) is 3.72. The zero-order chi connectivity index (χ0) is 15.4. The van der Waals surface area contributed by atoms with Crippen molar-refractivity contribution < 1.29 is 4.79 Å². The summed E-state index contributed by atoms with van der Waals surface area (Å²) in [6, 6.07) is 2.94. The van der Waals surface area contributed by atoms with Crippen LogP contribution in [-0.2, 0) is 4.79 Å². The molecule has 0 radical (unpaired) electrons. The van der Waals surface area contributed by atoms with E-state index >= 15 is 0 Å². The molecule has 10 heteroatoms. The van der Waals surface area contributed by atoms with Gasteiger partial charge in [0.2, 0.25) is 5.91 Å². The lowest BCUT2D eigenvalue weighted by molar-refractivity contribution is -0.113. The van der Waals surface area contributed by atoms with Crippen molar-refractivity contribution in [3.63, 3.8) is 0 Å². The summed E-state index contributed by atoms with van der Waals surface area (Å²) < 4.78 is 0. The monoisotopic (exact) mass is 364 g/mol. The fraction of sp³-hybridized carbons (Fsp3) is 0.0909. The quantitative estimate of drug-likeness (QED) is 0.813. The molecule has 21 heavy (non-hydrogen) atoms. The van der Waals surface area contributed by atoms with Gasteiger partial charge in [-0.15, -0.1) is 5.10 Å². The molecule has 6 nitrogen and oxygen atoms in total. The normalized spacial score (nSPS) is 10.4. The largest absolute Gasteiger partial charge is 0.323 e. The maximum atomic E-state index is 11.8. The third kappa shape index (κ3) is 4.60. The Morgan fingerprint density at radius 3 is 2.57 bits per heavy atom. The van der Waals surface area contributed by atoms with E-state index in [0.717, 1.165) is 18.0 Å². The molecular weight excluding hydrogens is 359 g/mol. The Hall–Kier alpha value is -1.28. The van der Waals surface area contributed by atoms with Crippen molar-refractivity contribution >= 4 is 58.2 Å². The fourth-order valence-corrected chi connectivity index (χ4v) is 2.86. The average molecular weight is 366 g/mol. The zero-order valence-corrected chi connectivity index (χ0v) is 13.3. The number of hydrogen-bond donors (Lipinski definition) is 2. The van der Waals surface area contributed by atoms with Crippen LogP contribution in [0.1, 0.15) is 0 Å². The highest BCUT2D eigenvalue weighted by Gasteiger charge is 2.12. The molecule has 0 aliphatic heterocycles. The van der Waals surface area contributed by atoms with Gasteiger partial charge in [-0.3, -0.25) is 14.6 Å². The van der Waals surface area contributed by atoms with Gasteiger partial charge in [0.05, 0.1) is 21.5 Å². The maximum absolute atomic E-state index is 11.8. The number of hydrogen-bond acceptors (Lipinski definition) is 5. The molecule has 0 bridgehead atoms. The van der Waals surface area contributed by atoms with Crippen LogP contribution in [0.3, 0.4) is 0 Å². The summed E-state index contributed by atoms with van der Waals surface area (Å²) in [6.45, 7) is 0. The van der Waals surface area contributed by atoms with Crippen molar-refractivity contribution in [3.8, 4) is 0 Å². The van der Waals surface area contributed by atoms with Crippen molar-refractivity contribution in [1.29, 1.82) is 0 Å². The van der Waals surface area contributed by atoms with Gasteiger partial charge in [0.15, 0.2) is 5.16 Å². The van der Waals surface area contributed by atoms with Gasteiger partial charge in [-0.2, -0.15) is 5.10 Å². The van der Waals surface area contributed by atoms with Gasteiger partial charge in [0, 0.05) is 5.02 Å². The van der Waals surface area contributed by atoms with E-state index in [9.17, 15) is 9.59 Å². The predicted molar refractivity (Wildman–Crippen MR) is 83.5 cm³/mol. The Bertz CT molecular complexity index is 714. The smallest absolute Gasteiger partial charge is 0.270 e. The third-order valence-corrected chi connectivity index (χ3v) is 3.84. The van der Waals surface area contributed by atoms with E-state index in [1.54, 1.807) is 0 Å². The van der Waals surface area contributed by atoms with Crippen LogP contribution in [0.4, 0.5) is 5.69 Å². The van der Waals surface area contributed by atoms with Crippen LogP contribution in [0.2, 0.25) is 15.1 Å². The minimum Gasteiger partial charge on any atom is -0.323 e. The summed E-state index contributed by atoms with van der Waals surface area (Å²) >= 11 is 18.7. The minimum atomic E-state index is -0.392. The Balaban J connectivity index is 2.01. The van der Waals surface area contributed by atoms with E-state index in [0.29, 0.717) is 5.02 Å². The first kappa shape index (κ1) is 16.1. The first-order valence-electron chi connectivity index (χ1n) is 5.45. The fourth-order valence-electron chi connectivity index (χ4n) is 1.33. The highest BCUT2D eigenvalue weighted by atomic mass is 35.5. The van der Waals surface area contributed by atoms with Gasteiger partial charge in [-0.05, 0) is 12.1 Å². The number of rotatable bonds is 4. The molecule has 1 aromatic carbocycles. The standard InChI is InChI=1S/C11H7Cl3N4O2S/c12-5-1-6(13)10(7(14)2-5)16-9(20)4-21-11-17-8(19)3-15-18-11/h1-3H,4H2,(H,16,20)(H,17,18,19). The van der Waals surface area contributed by atoms with E-state index in [4.69, 9.17) is 34.8 Å². The van der Waals surface area contributed by atoms with Gasteiger partial charge in [0.25, 0.3) is 5.56 Å². The Morgan fingerprint density at radius 2 is 1.95 bits per heavy atom. The number of nitrogens with one attached hydrogen (secondary N) is 2. The van der Waals surface area contributed by atoms with Crippen molar-refractivity contribution in [2.75, 3.05) is 11.1 Å². The summed E-state index contributed by atoms with van der Waals surface area (Å²) in [5.41, 5.74) is -0.113. The molecule has 0 unspecified atom stereocenters. The van der Waals surface area contributed by atoms with Crippen LogP contribution < -0.4 is 10.9 Å². The summed E-state index contributed by atoms with van der Waals surface area (Å²) in [4.78, 5) is 25.3. The molecule has 0 atom stereocenters. The van der Waals surface area contributed by atoms with Gasteiger partial charge in [-0.1, -0.05) is 46.6 Å². The molecule has 2 aromatic rings. The van der Waals surface area contributed by atoms with Crippen LogP contribution in [0.5, 0.6) is 0 Å². The molecule has 0 fully saturated rings. The molecule has 0 aliphatic carbocycles. The number of nitrogens with zero attached hydrogens (tertiary/aromatic N) is 2. The number of benzene rings is 1. The first-order chi connectivity index (χ1) is 9.95. The second kappa shape index (κ2) is 7.13. The number of carbonyl (C=O) groups excluding carboxylic acids is 1. The van der Waals surface area contributed by atoms with Crippen LogP contribution in [0.15, 0.2) is 28.3 Å². The molecule has 110 valence electrons. The van der Waals surface area contributed by atoms with Crippen molar-refractivity contribution in [3.05, 3.63) is 43.8 Å². The molecule has 1 amide bonds. The SMILES string of the molecule is O=C(CSc1nncc(=O)[nH]1)Nc1c(Cl)cc(Cl)cc1Cl. The van der Waals surface area contributed by atoms with Gasteiger partial charge in [-0.25, -0.2) is 0 Å². The number of carbonyl (C=O) groups is 1. The molecule has 0 aliphatic rings. The van der Waals surface area contributed by atoms with Crippen molar-refractivity contribution in [1.82, 2.24) is 15.2 Å². The highest BCUT2D eigenvalue weighted by Crippen LogP contribution is 2.33. The molecular formula is C11H7Cl3N4O2S. The number of thioether (sulfide) groups is 1. The average Bonchev–Trinajstić information content (AvgIpc) is 2.40. The van der Waals surface area contributed by atoms with E-state index in [2.05, 4.69) is 20.5 Å². The molecule has 1 aromatic heterocycles. The van der Waals surface area contributed by atoms with E-state index < -0.39 is 5.56 Å². The predicted octanol–water partition coefficient (Wildman–Crippen LogP) is 2.86. The lowest BCUT2D eigenvalue weighted by Crippen LogP contribution is -2.16. The molecule has 1 heterocycles. The van der Waals surface area contributed by atoms with Gasteiger partial charge < -0.3 is 5.32 Å². The van der Waals surface area contributed by atoms with Crippen molar-refractivity contribution in [2.24, 2.45) is 0 Å². The third-order valence-electron chi connectivity index (χ3n) is 2.16. The Kier molecular flexibility index (Phi) is 5.46. The number of amides is 1. The number of halogens is 3. The minimum absolute atomic E-state index is 0.00389. The number of aromatic amines is 1. The van der Waals surface area contributed by atoms with E-state index in [1.165, 1.54) is 12.1 Å². The van der Waals surface area contributed by atoms with Crippen LogP contribution in [-0.4, -0.2) is 26.8 Å². The first-order valence-corrected chi connectivity index (χ1v) is 7.57. The summed E-state index contributed by atoms with van der Waals surface area (Å²) in [7, 11) is 0. The lowest BCUT2D eigenvalue weighted by Gasteiger charge is -2.09.